The van der Waals surface area contributed by atoms with E-state index in [0.717, 1.165) is 43.7 Å². The van der Waals surface area contributed by atoms with Crippen LogP contribution in [0.5, 0.6) is 0 Å². The minimum Gasteiger partial charge on any atom is -0.378 e. The molecule has 3 fully saturated rings. The van der Waals surface area contributed by atoms with Crippen molar-refractivity contribution in [3.63, 3.8) is 0 Å². The van der Waals surface area contributed by atoms with Crippen LogP contribution in [-0.2, 0) is 0 Å². The second-order valence-electron chi connectivity index (χ2n) is 5.29. The highest BCUT2D eigenvalue weighted by atomic mass is 79.9. The fraction of sp³-hybridized carbons (Fsp3) is 0.538. The predicted molar refractivity (Wildman–Crippen MR) is 81.1 cm³/mol. The van der Waals surface area contributed by atoms with Crippen molar-refractivity contribution in [3.8, 4) is 0 Å². The number of anilines is 1. The Morgan fingerprint density at radius 3 is 2.70 bits per heavy atom. The normalized spacial score (nSPS) is 28.4. The van der Waals surface area contributed by atoms with E-state index in [0.29, 0.717) is 11.7 Å². The Kier molecular flexibility index (Phi) is 3.91. The SMILES string of the molecule is O=[N+]([O-])c1cc(Br)ccc1NCC1CN2CCN1CC2. The molecule has 0 aromatic heterocycles. The fourth-order valence-electron chi connectivity index (χ4n) is 2.95. The van der Waals surface area contributed by atoms with Crippen LogP contribution in [0.1, 0.15) is 0 Å². The van der Waals surface area contributed by atoms with Crippen molar-refractivity contribution in [2.75, 3.05) is 44.6 Å². The molecule has 0 amide bonds. The van der Waals surface area contributed by atoms with E-state index in [2.05, 4.69) is 31.0 Å². The van der Waals surface area contributed by atoms with E-state index in [4.69, 9.17) is 0 Å². The van der Waals surface area contributed by atoms with Gasteiger partial charge in [-0.1, -0.05) is 15.9 Å². The maximum Gasteiger partial charge on any atom is 0.293 e. The summed E-state index contributed by atoms with van der Waals surface area (Å²) in [4.78, 5) is 15.7. The number of benzene rings is 1. The van der Waals surface area contributed by atoms with Gasteiger partial charge in [0.1, 0.15) is 5.69 Å². The molecule has 3 saturated heterocycles. The van der Waals surface area contributed by atoms with Crippen LogP contribution >= 0.6 is 15.9 Å². The number of nitro benzene ring substituents is 1. The lowest BCUT2D eigenvalue weighted by molar-refractivity contribution is -0.384. The van der Waals surface area contributed by atoms with Crippen LogP contribution in [0.25, 0.3) is 0 Å². The smallest absolute Gasteiger partial charge is 0.293 e. The molecular weight excluding hydrogens is 324 g/mol. The predicted octanol–water partition coefficient (Wildman–Crippen LogP) is 1.77. The topological polar surface area (TPSA) is 61.7 Å². The van der Waals surface area contributed by atoms with Gasteiger partial charge >= 0.3 is 0 Å². The summed E-state index contributed by atoms with van der Waals surface area (Å²) >= 11 is 3.27. The quantitative estimate of drug-likeness (QED) is 0.668. The summed E-state index contributed by atoms with van der Waals surface area (Å²) in [6, 6.07) is 5.57. The Morgan fingerprint density at radius 2 is 2.10 bits per heavy atom. The number of halogens is 1. The lowest BCUT2D eigenvalue weighted by Gasteiger charge is -2.47. The highest BCUT2D eigenvalue weighted by molar-refractivity contribution is 9.10. The molecule has 20 heavy (non-hydrogen) atoms. The zero-order chi connectivity index (χ0) is 14.1. The molecule has 1 aromatic rings. The van der Waals surface area contributed by atoms with Gasteiger partial charge < -0.3 is 5.32 Å². The van der Waals surface area contributed by atoms with Gasteiger partial charge in [0.15, 0.2) is 0 Å². The van der Waals surface area contributed by atoms with Gasteiger partial charge in [0.05, 0.1) is 4.92 Å². The third kappa shape index (κ3) is 2.79. The van der Waals surface area contributed by atoms with Gasteiger partial charge in [-0.3, -0.25) is 19.9 Å². The van der Waals surface area contributed by atoms with Crippen LogP contribution in [0.2, 0.25) is 0 Å². The van der Waals surface area contributed by atoms with Gasteiger partial charge in [0.25, 0.3) is 5.69 Å². The van der Waals surface area contributed by atoms with E-state index in [1.54, 1.807) is 12.1 Å². The standard InChI is InChI=1S/C13H17BrN4O2/c14-10-1-2-12(13(7-10)18(19)20)15-8-11-9-16-3-5-17(11)6-4-16/h1-2,7,11,15H,3-6,8-9H2. The summed E-state index contributed by atoms with van der Waals surface area (Å²) in [6.45, 7) is 6.31. The van der Waals surface area contributed by atoms with Crippen molar-refractivity contribution in [3.05, 3.63) is 32.8 Å². The number of fused-ring (bicyclic) bond motifs is 3. The molecule has 2 bridgehead atoms. The van der Waals surface area contributed by atoms with Gasteiger partial charge in [0.2, 0.25) is 0 Å². The van der Waals surface area contributed by atoms with Crippen LogP contribution in [0.4, 0.5) is 11.4 Å². The van der Waals surface area contributed by atoms with E-state index < -0.39 is 0 Å². The maximum absolute atomic E-state index is 11.1. The summed E-state index contributed by atoms with van der Waals surface area (Å²) < 4.78 is 0.723. The zero-order valence-electron chi connectivity index (χ0n) is 11.1. The summed E-state index contributed by atoms with van der Waals surface area (Å²) in [5, 5.41) is 14.3. The number of nitro groups is 1. The fourth-order valence-corrected chi connectivity index (χ4v) is 3.30. The first-order valence-electron chi connectivity index (χ1n) is 6.78. The number of piperazine rings is 3. The number of nitrogens with one attached hydrogen (secondary N) is 1. The largest absolute Gasteiger partial charge is 0.378 e. The summed E-state index contributed by atoms with van der Waals surface area (Å²) in [7, 11) is 0. The molecule has 3 aliphatic rings. The molecule has 4 rings (SSSR count). The second kappa shape index (κ2) is 5.67. The summed E-state index contributed by atoms with van der Waals surface area (Å²) in [6.07, 6.45) is 0. The number of nitrogens with zero attached hydrogens (tertiary/aromatic N) is 3. The van der Waals surface area contributed by atoms with Crippen molar-refractivity contribution in [2.24, 2.45) is 0 Å². The Morgan fingerprint density at radius 1 is 1.35 bits per heavy atom. The highest BCUT2D eigenvalue weighted by Gasteiger charge is 2.31. The van der Waals surface area contributed by atoms with Crippen molar-refractivity contribution >= 4 is 27.3 Å². The average Bonchev–Trinajstić information content (AvgIpc) is 2.47. The van der Waals surface area contributed by atoms with Crippen LogP contribution in [0.15, 0.2) is 22.7 Å². The van der Waals surface area contributed by atoms with E-state index in [9.17, 15) is 10.1 Å². The third-order valence-electron chi connectivity index (χ3n) is 4.08. The lowest BCUT2D eigenvalue weighted by Crippen LogP contribution is -2.62. The molecule has 1 unspecified atom stereocenters. The molecule has 1 N–H and O–H groups in total. The third-order valence-corrected chi connectivity index (χ3v) is 4.57. The highest BCUT2D eigenvalue weighted by Crippen LogP contribution is 2.28. The molecule has 7 heteroatoms. The molecule has 0 spiro atoms. The number of hydrogen-bond acceptors (Lipinski definition) is 5. The monoisotopic (exact) mass is 340 g/mol. The van der Waals surface area contributed by atoms with E-state index in [1.165, 1.54) is 0 Å². The molecule has 0 aliphatic carbocycles. The molecule has 1 aromatic carbocycles. The van der Waals surface area contributed by atoms with Gasteiger partial charge in [0, 0.05) is 55.8 Å². The first kappa shape index (κ1) is 13.8. The van der Waals surface area contributed by atoms with E-state index >= 15 is 0 Å². The Labute approximate surface area is 126 Å². The molecule has 3 aliphatic heterocycles. The molecular formula is C13H17BrN4O2. The molecule has 0 radical (unpaired) electrons. The first-order chi connectivity index (χ1) is 9.63. The minimum absolute atomic E-state index is 0.121. The van der Waals surface area contributed by atoms with Crippen LogP contribution in [0.3, 0.4) is 0 Å². The van der Waals surface area contributed by atoms with Crippen molar-refractivity contribution in [1.29, 1.82) is 0 Å². The molecule has 3 heterocycles. The van der Waals surface area contributed by atoms with Crippen LogP contribution < -0.4 is 5.32 Å². The van der Waals surface area contributed by atoms with E-state index in [1.807, 2.05) is 6.07 Å². The Hall–Kier alpha value is -1.18. The van der Waals surface area contributed by atoms with Gasteiger partial charge in [-0.05, 0) is 12.1 Å². The number of hydrogen-bond donors (Lipinski definition) is 1. The summed E-state index contributed by atoms with van der Waals surface area (Å²) in [5.41, 5.74) is 0.714. The average molecular weight is 341 g/mol. The van der Waals surface area contributed by atoms with Crippen molar-refractivity contribution in [2.45, 2.75) is 6.04 Å². The number of rotatable bonds is 4. The van der Waals surface area contributed by atoms with Gasteiger partial charge in [-0.2, -0.15) is 0 Å². The van der Waals surface area contributed by atoms with Crippen molar-refractivity contribution in [1.82, 2.24) is 9.80 Å². The first-order valence-corrected chi connectivity index (χ1v) is 7.57. The summed E-state index contributed by atoms with van der Waals surface area (Å²) in [5.74, 6) is 0. The van der Waals surface area contributed by atoms with Crippen molar-refractivity contribution < 1.29 is 4.92 Å². The van der Waals surface area contributed by atoms with E-state index in [-0.39, 0.29) is 10.6 Å². The molecule has 108 valence electrons. The van der Waals surface area contributed by atoms with Gasteiger partial charge in [-0.15, -0.1) is 0 Å². The Balaban J connectivity index is 1.68. The van der Waals surface area contributed by atoms with Crippen LogP contribution in [0, 0.1) is 10.1 Å². The zero-order valence-corrected chi connectivity index (χ0v) is 12.7. The Bertz CT molecular complexity index is 517. The molecule has 0 saturated carbocycles. The molecule has 1 atom stereocenters. The molecule has 6 nitrogen and oxygen atoms in total. The lowest BCUT2D eigenvalue weighted by atomic mass is 10.1. The second-order valence-corrected chi connectivity index (χ2v) is 6.21. The maximum atomic E-state index is 11.1. The van der Waals surface area contributed by atoms with Crippen LogP contribution in [-0.4, -0.2) is 60.0 Å². The van der Waals surface area contributed by atoms with Gasteiger partial charge in [-0.25, -0.2) is 0 Å². The minimum atomic E-state index is -0.343.